The van der Waals surface area contributed by atoms with Crippen molar-refractivity contribution in [2.45, 2.75) is 26.9 Å². The fourth-order valence-electron chi connectivity index (χ4n) is 3.41. The Bertz CT molecular complexity index is 965. The smallest absolute Gasteiger partial charge is 0.0883 e. The van der Waals surface area contributed by atoms with Gasteiger partial charge in [0.05, 0.1) is 12.7 Å². The Labute approximate surface area is 172 Å². The van der Waals surface area contributed by atoms with Crippen LogP contribution in [0.2, 0.25) is 0 Å². The zero-order valence-electron chi connectivity index (χ0n) is 16.6. The molecule has 0 radical (unpaired) electrons. The monoisotopic (exact) mass is 391 g/mol. The molecule has 0 fully saturated rings. The predicted molar refractivity (Wildman–Crippen MR) is 120 cm³/mol. The van der Waals surface area contributed by atoms with E-state index in [4.69, 9.17) is 16.3 Å². The third-order valence-electron chi connectivity index (χ3n) is 4.62. The summed E-state index contributed by atoms with van der Waals surface area (Å²) < 4.78 is 6.32. The topological polar surface area (TPSA) is 22.1 Å². The molecule has 0 saturated heterocycles. The van der Waals surface area contributed by atoms with E-state index in [0.717, 1.165) is 11.1 Å². The summed E-state index contributed by atoms with van der Waals surface area (Å²) in [5.41, 5.74) is 4.76. The first-order valence-corrected chi connectivity index (χ1v) is 9.91. The van der Waals surface area contributed by atoms with Gasteiger partial charge in [-0.1, -0.05) is 80.9 Å². The maximum Gasteiger partial charge on any atom is 0.0883 e. The normalized spacial score (nSPS) is 13.9. The highest BCUT2D eigenvalue weighted by atomic mass is 35.5. The molecule has 0 aliphatic rings. The molecule has 3 rings (SSSR count). The lowest BCUT2D eigenvalue weighted by molar-refractivity contribution is 0.0392. The van der Waals surface area contributed by atoms with Crippen molar-refractivity contribution in [2.75, 3.05) is 6.61 Å². The van der Waals surface area contributed by atoms with Crippen molar-refractivity contribution >= 4 is 34.0 Å². The SMILES string of the molecule is CC(C)(C)C(OC/C=C/Cl)/C(=C\c1cccnc1)c1cccc2ccccc12. The van der Waals surface area contributed by atoms with Crippen LogP contribution < -0.4 is 0 Å². The fourth-order valence-corrected chi connectivity index (χ4v) is 3.48. The van der Waals surface area contributed by atoms with E-state index < -0.39 is 0 Å². The van der Waals surface area contributed by atoms with Gasteiger partial charge in [0, 0.05) is 17.9 Å². The van der Waals surface area contributed by atoms with E-state index in [1.165, 1.54) is 21.9 Å². The average molecular weight is 392 g/mol. The number of aromatic nitrogens is 1. The molecule has 144 valence electrons. The van der Waals surface area contributed by atoms with Crippen molar-refractivity contribution < 1.29 is 4.74 Å². The Morgan fingerprint density at radius 1 is 1.07 bits per heavy atom. The molecule has 0 spiro atoms. The van der Waals surface area contributed by atoms with Gasteiger partial charge in [0.1, 0.15) is 0 Å². The average Bonchev–Trinajstić information content (AvgIpc) is 2.69. The Hall–Kier alpha value is -2.42. The number of pyridine rings is 1. The number of rotatable bonds is 6. The molecule has 1 heterocycles. The van der Waals surface area contributed by atoms with Gasteiger partial charge in [-0.05, 0) is 51.1 Å². The summed E-state index contributed by atoms with van der Waals surface area (Å²) in [6, 6.07) is 18.9. The Kier molecular flexibility index (Phi) is 6.66. The molecule has 3 aromatic rings. The standard InChI is InChI=1S/C25H26ClNO/c1-25(2,3)24(28-16-8-14-26)23(17-19-9-7-15-27-18-19)22-13-6-11-20-10-4-5-12-21(20)22/h4-15,17-18,24H,16H2,1-3H3/b14-8+,23-17-. The van der Waals surface area contributed by atoms with Gasteiger partial charge < -0.3 is 4.74 Å². The highest BCUT2D eigenvalue weighted by Gasteiger charge is 2.30. The van der Waals surface area contributed by atoms with Gasteiger partial charge in [0.2, 0.25) is 0 Å². The summed E-state index contributed by atoms with van der Waals surface area (Å²) in [7, 11) is 0. The first-order valence-electron chi connectivity index (χ1n) is 9.47. The lowest BCUT2D eigenvalue weighted by atomic mass is 9.80. The molecule has 0 aliphatic carbocycles. The first kappa shape index (κ1) is 20.3. The molecule has 0 N–H and O–H groups in total. The van der Waals surface area contributed by atoms with Gasteiger partial charge in [-0.25, -0.2) is 0 Å². The zero-order chi connectivity index (χ0) is 20.0. The van der Waals surface area contributed by atoms with Crippen molar-refractivity contribution in [3.63, 3.8) is 0 Å². The van der Waals surface area contributed by atoms with Crippen LogP contribution in [0.25, 0.3) is 22.4 Å². The Balaban J connectivity index is 2.20. The van der Waals surface area contributed by atoms with Crippen molar-refractivity contribution in [1.82, 2.24) is 4.98 Å². The summed E-state index contributed by atoms with van der Waals surface area (Å²) in [5, 5.41) is 2.43. The van der Waals surface area contributed by atoms with Crippen LogP contribution in [0, 0.1) is 5.41 Å². The molecule has 2 nitrogen and oxygen atoms in total. The molecule has 0 aliphatic heterocycles. The van der Waals surface area contributed by atoms with Gasteiger partial charge in [0.15, 0.2) is 0 Å². The molecule has 1 aromatic heterocycles. The minimum Gasteiger partial charge on any atom is -0.369 e. The van der Waals surface area contributed by atoms with Crippen molar-refractivity contribution in [1.29, 1.82) is 0 Å². The first-order chi connectivity index (χ1) is 13.5. The minimum atomic E-state index is -0.119. The quantitative estimate of drug-likeness (QED) is 0.453. The van der Waals surface area contributed by atoms with E-state index in [-0.39, 0.29) is 11.5 Å². The molecule has 1 atom stereocenters. The number of hydrogen-bond acceptors (Lipinski definition) is 2. The molecule has 3 heteroatoms. The Morgan fingerprint density at radius 2 is 1.86 bits per heavy atom. The lowest BCUT2D eigenvalue weighted by Gasteiger charge is -2.33. The Morgan fingerprint density at radius 3 is 2.57 bits per heavy atom. The zero-order valence-corrected chi connectivity index (χ0v) is 17.4. The second-order valence-corrected chi connectivity index (χ2v) is 8.11. The number of halogens is 1. The van der Waals surface area contributed by atoms with Gasteiger partial charge in [0.25, 0.3) is 0 Å². The number of hydrogen-bond donors (Lipinski definition) is 0. The van der Waals surface area contributed by atoms with Crippen molar-refractivity contribution in [3.8, 4) is 0 Å². The predicted octanol–water partition coefficient (Wildman–Crippen LogP) is 6.96. The van der Waals surface area contributed by atoms with Crippen LogP contribution in [0.15, 0.2) is 78.6 Å². The van der Waals surface area contributed by atoms with Gasteiger partial charge in [-0.3, -0.25) is 4.98 Å². The van der Waals surface area contributed by atoms with Gasteiger partial charge in [-0.2, -0.15) is 0 Å². The summed E-state index contributed by atoms with van der Waals surface area (Å²) in [4.78, 5) is 4.28. The third kappa shape index (κ3) is 4.89. The maximum absolute atomic E-state index is 6.32. The molecule has 2 aromatic carbocycles. The third-order valence-corrected chi connectivity index (χ3v) is 4.80. The van der Waals surface area contributed by atoms with Crippen LogP contribution in [0.3, 0.4) is 0 Å². The van der Waals surface area contributed by atoms with E-state index >= 15 is 0 Å². The highest BCUT2D eigenvalue weighted by Crippen LogP contribution is 2.38. The molecule has 0 amide bonds. The van der Waals surface area contributed by atoms with Crippen LogP contribution in [-0.2, 0) is 4.74 Å². The second-order valence-electron chi connectivity index (χ2n) is 7.85. The van der Waals surface area contributed by atoms with Gasteiger partial charge >= 0.3 is 0 Å². The van der Waals surface area contributed by atoms with Crippen molar-refractivity contribution in [2.24, 2.45) is 5.41 Å². The van der Waals surface area contributed by atoms with Crippen LogP contribution in [0.5, 0.6) is 0 Å². The summed E-state index contributed by atoms with van der Waals surface area (Å²) in [5.74, 6) is 0. The van der Waals surface area contributed by atoms with Gasteiger partial charge in [-0.15, -0.1) is 0 Å². The number of nitrogens with zero attached hydrogens (tertiary/aromatic N) is 1. The highest BCUT2D eigenvalue weighted by molar-refractivity contribution is 6.25. The largest absolute Gasteiger partial charge is 0.369 e. The van der Waals surface area contributed by atoms with Crippen LogP contribution >= 0.6 is 11.6 Å². The van der Waals surface area contributed by atoms with E-state index in [0.29, 0.717) is 6.61 Å². The van der Waals surface area contributed by atoms with Crippen LogP contribution in [0.1, 0.15) is 31.9 Å². The number of ether oxygens (including phenoxy) is 1. The van der Waals surface area contributed by atoms with Crippen LogP contribution in [0.4, 0.5) is 0 Å². The number of fused-ring (bicyclic) bond motifs is 1. The van der Waals surface area contributed by atoms with E-state index in [1.54, 1.807) is 6.20 Å². The molecule has 0 saturated carbocycles. The van der Waals surface area contributed by atoms with E-state index in [9.17, 15) is 0 Å². The molecular formula is C25H26ClNO. The molecular weight excluding hydrogens is 366 g/mol. The van der Waals surface area contributed by atoms with Crippen molar-refractivity contribution in [3.05, 3.63) is 89.7 Å². The van der Waals surface area contributed by atoms with E-state index in [1.807, 2.05) is 18.3 Å². The second kappa shape index (κ2) is 9.18. The summed E-state index contributed by atoms with van der Waals surface area (Å²) in [6.45, 7) is 7.06. The lowest BCUT2D eigenvalue weighted by Crippen LogP contribution is -2.31. The van der Waals surface area contributed by atoms with Crippen LogP contribution in [-0.4, -0.2) is 17.7 Å². The van der Waals surface area contributed by atoms with E-state index in [2.05, 4.69) is 80.4 Å². The minimum absolute atomic E-state index is 0.106. The molecule has 0 bridgehead atoms. The molecule has 28 heavy (non-hydrogen) atoms. The number of benzene rings is 2. The maximum atomic E-state index is 6.32. The summed E-state index contributed by atoms with van der Waals surface area (Å²) >= 11 is 5.72. The molecule has 1 unspecified atom stereocenters. The summed E-state index contributed by atoms with van der Waals surface area (Å²) in [6.07, 6.45) is 7.56. The fraction of sp³-hybridized carbons (Fsp3) is 0.240.